The van der Waals surface area contributed by atoms with Crippen molar-refractivity contribution >= 4 is 22.6 Å². The highest BCUT2D eigenvalue weighted by Crippen LogP contribution is 2.33. The van der Waals surface area contributed by atoms with E-state index in [1.165, 1.54) is 5.57 Å². The Bertz CT molecular complexity index is 1030. The van der Waals surface area contributed by atoms with Gasteiger partial charge in [-0.15, -0.1) is 0 Å². The summed E-state index contributed by atoms with van der Waals surface area (Å²) in [5.74, 6) is 1.52. The van der Waals surface area contributed by atoms with Gasteiger partial charge >= 0.3 is 0 Å². The number of nitrogens with zero attached hydrogens (tertiary/aromatic N) is 4. The molecule has 30 heavy (non-hydrogen) atoms. The molecular weight excluding hydrogens is 378 g/mol. The molecule has 3 heterocycles. The molecule has 2 aromatic heterocycles. The Hall–Kier alpha value is -3.06. The SMILES string of the molecule is C1=C(c2cc(O[C@H]3CC[C@@H](Nc4ncccn4)CC3)c3nccnc3c2)CCOC1. The quantitative estimate of drug-likeness (QED) is 0.689. The summed E-state index contributed by atoms with van der Waals surface area (Å²) >= 11 is 0. The summed E-state index contributed by atoms with van der Waals surface area (Å²) in [6, 6.07) is 6.43. The Morgan fingerprint density at radius 1 is 0.933 bits per heavy atom. The predicted octanol–water partition coefficient (Wildman–Crippen LogP) is 4.03. The minimum Gasteiger partial charge on any atom is -0.488 e. The highest BCUT2D eigenvalue weighted by Gasteiger charge is 2.24. The lowest BCUT2D eigenvalue weighted by atomic mass is 9.93. The maximum Gasteiger partial charge on any atom is 0.222 e. The van der Waals surface area contributed by atoms with Crippen molar-refractivity contribution in [2.24, 2.45) is 0 Å². The van der Waals surface area contributed by atoms with E-state index in [4.69, 9.17) is 9.47 Å². The van der Waals surface area contributed by atoms with Crippen LogP contribution in [0.2, 0.25) is 0 Å². The maximum atomic E-state index is 6.48. The fourth-order valence-corrected chi connectivity index (χ4v) is 4.17. The number of aromatic nitrogens is 4. The van der Waals surface area contributed by atoms with Crippen LogP contribution in [0.4, 0.5) is 5.95 Å². The first-order valence-electron chi connectivity index (χ1n) is 10.6. The lowest BCUT2D eigenvalue weighted by molar-refractivity contribution is 0.151. The fraction of sp³-hybridized carbons (Fsp3) is 0.391. The van der Waals surface area contributed by atoms with E-state index in [0.29, 0.717) is 18.6 Å². The number of anilines is 1. The van der Waals surface area contributed by atoms with Gasteiger partial charge in [-0.25, -0.2) is 15.0 Å². The molecule has 154 valence electrons. The lowest BCUT2D eigenvalue weighted by Gasteiger charge is -2.29. The van der Waals surface area contributed by atoms with Crippen molar-refractivity contribution in [2.45, 2.75) is 44.2 Å². The Morgan fingerprint density at radius 3 is 2.57 bits per heavy atom. The molecular formula is C23H25N5O2. The molecule has 0 atom stereocenters. The maximum absolute atomic E-state index is 6.48. The Kier molecular flexibility index (Phi) is 5.52. The van der Waals surface area contributed by atoms with Crippen molar-refractivity contribution in [2.75, 3.05) is 18.5 Å². The van der Waals surface area contributed by atoms with Gasteiger partial charge in [0, 0.05) is 30.8 Å². The average Bonchev–Trinajstić information content (AvgIpc) is 2.81. The average molecular weight is 403 g/mol. The van der Waals surface area contributed by atoms with Gasteiger partial charge in [0.05, 0.1) is 24.8 Å². The minimum absolute atomic E-state index is 0.170. The standard InChI is InChI=1S/C23H25N5O2/c1-8-26-23(27-9-1)28-18-2-4-19(5-3-18)30-21-15-17(16-6-12-29-13-7-16)14-20-22(21)25-11-10-24-20/h1,6,8-11,14-15,18-19H,2-5,7,12-13H2,(H,26,27,28)/t18-,19+. The zero-order chi connectivity index (χ0) is 20.2. The van der Waals surface area contributed by atoms with E-state index < -0.39 is 0 Å². The molecule has 1 N–H and O–H groups in total. The van der Waals surface area contributed by atoms with E-state index in [0.717, 1.165) is 61.1 Å². The van der Waals surface area contributed by atoms with E-state index in [2.05, 4.69) is 43.5 Å². The van der Waals surface area contributed by atoms with Crippen LogP contribution in [-0.4, -0.2) is 45.3 Å². The van der Waals surface area contributed by atoms with Crippen molar-refractivity contribution in [3.05, 3.63) is 54.6 Å². The molecule has 7 heteroatoms. The second-order valence-corrected chi connectivity index (χ2v) is 7.76. The number of ether oxygens (including phenoxy) is 2. The van der Waals surface area contributed by atoms with Gasteiger partial charge in [0.25, 0.3) is 0 Å². The molecule has 1 aliphatic heterocycles. The van der Waals surface area contributed by atoms with Crippen molar-refractivity contribution in [1.29, 1.82) is 0 Å². The highest BCUT2D eigenvalue weighted by molar-refractivity contribution is 5.85. The molecule has 1 aliphatic carbocycles. The third-order valence-electron chi connectivity index (χ3n) is 5.74. The van der Waals surface area contributed by atoms with Gasteiger partial charge in [0.1, 0.15) is 11.3 Å². The van der Waals surface area contributed by atoms with Crippen LogP contribution in [0.25, 0.3) is 16.6 Å². The van der Waals surface area contributed by atoms with Crippen LogP contribution < -0.4 is 10.1 Å². The lowest BCUT2D eigenvalue weighted by Crippen LogP contribution is -2.31. The largest absolute Gasteiger partial charge is 0.488 e. The molecule has 0 saturated heterocycles. The second-order valence-electron chi connectivity index (χ2n) is 7.76. The van der Waals surface area contributed by atoms with Crippen LogP contribution in [0.5, 0.6) is 5.75 Å². The highest BCUT2D eigenvalue weighted by atomic mass is 16.5. The van der Waals surface area contributed by atoms with Crippen LogP contribution in [0.1, 0.15) is 37.7 Å². The number of nitrogens with one attached hydrogen (secondary N) is 1. The smallest absolute Gasteiger partial charge is 0.222 e. The molecule has 2 aliphatic rings. The van der Waals surface area contributed by atoms with Crippen LogP contribution in [0, 0.1) is 0 Å². The molecule has 0 unspecified atom stereocenters. The van der Waals surface area contributed by atoms with Crippen molar-refractivity contribution < 1.29 is 9.47 Å². The fourth-order valence-electron chi connectivity index (χ4n) is 4.17. The third-order valence-corrected chi connectivity index (χ3v) is 5.74. The first-order valence-corrected chi connectivity index (χ1v) is 10.6. The van der Waals surface area contributed by atoms with Crippen molar-refractivity contribution in [3.63, 3.8) is 0 Å². The minimum atomic E-state index is 0.170. The van der Waals surface area contributed by atoms with Gasteiger partial charge < -0.3 is 14.8 Å². The summed E-state index contributed by atoms with van der Waals surface area (Å²) in [5, 5.41) is 3.43. The number of rotatable bonds is 5. The van der Waals surface area contributed by atoms with Crippen LogP contribution in [-0.2, 0) is 4.74 Å². The van der Waals surface area contributed by atoms with E-state index in [1.807, 2.05) is 6.07 Å². The molecule has 0 spiro atoms. The number of hydrogen-bond acceptors (Lipinski definition) is 7. The van der Waals surface area contributed by atoms with Gasteiger partial charge in [0.2, 0.25) is 5.95 Å². The molecule has 0 bridgehead atoms. The number of hydrogen-bond donors (Lipinski definition) is 1. The molecule has 0 amide bonds. The first-order chi connectivity index (χ1) is 14.8. The van der Waals surface area contributed by atoms with Crippen LogP contribution >= 0.6 is 0 Å². The van der Waals surface area contributed by atoms with Gasteiger partial charge in [-0.1, -0.05) is 6.08 Å². The molecule has 1 aromatic carbocycles. The molecule has 5 rings (SSSR count). The summed E-state index contributed by atoms with van der Waals surface area (Å²) in [6.45, 7) is 1.41. The van der Waals surface area contributed by atoms with Crippen molar-refractivity contribution in [3.8, 4) is 5.75 Å². The van der Waals surface area contributed by atoms with Gasteiger partial charge in [-0.2, -0.15) is 0 Å². The molecule has 1 saturated carbocycles. The number of benzene rings is 1. The van der Waals surface area contributed by atoms with E-state index >= 15 is 0 Å². The summed E-state index contributed by atoms with van der Waals surface area (Å²) in [4.78, 5) is 17.6. The monoisotopic (exact) mass is 403 g/mol. The molecule has 1 fully saturated rings. The van der Waals surface area contributed by atoms with Crippen LogP contribution in [0.3, 0.4) is 0 Å². The van der Waals surface area contributed by atoms with Crippen molar-refractivity contribution in [1.82, 2.24) is 19.9 Å². The molecule has 0 radical (unpaired) electrons. The second kappa shape index (κ2) is 8.75. The molecule has 3 aromatic rings. The zero-order valence-electron chi connectivity index (χ0n) is 16.8. The summed E-state index contributed by atoms with van der Waals surface area (Å²) in [6.07, 6.45) is 14.2. The van der Waals surface area contributed by atoms with Gasteiger partial charge in [-0.3, -0.25) is 4.98 Å². The summed E-state index contributed by atoms with van der Waals surface area (Å²) in [7, 11) is 0. The van der Waals surface area contributed by atoms with E-state index in [1.54, 1.807) is 24.8 Å². The van der Waals surface area contributed by atoms with Gasteiger partial charge in [0.15, 0.2) is 0 Å². The Balaban J connectivity index is 1.31. The Morgan fingerprint density at radius 2 is 1.77 bits per heavy atom. The summed E-state index contributed by atoms with van der Waals surface area (Å²) in [5.41, 5.74) is 4.13. The van der Waals surface area contributed by atoms with E-state index in [-0.39, 0.29) is 6.10 Å². The van der Waals surface area contributed by atoms with Gasteiger partial charge in [-0.05, 0) is 61.4 Å². The first kappa shape index (κ1) is 18.9. The van der Waals surface area contributed by atoms with E-state index in [9.17, 15) is 0 Å². The predicted molar refractivity (Wildman–Crippen MR) is 115 cm³/mol. The molecule has 7 nitrogen and oxygen atoms in total. The number of fused-ring (bicyclic) bond motifs is 1. The Labute approximate surface area is 175 Å². The van der Waals surface area contributed by atoms with Crippen LogP contribution in [0.15, 0.2) is 49.1 Å². The topological polar surface area (TPSA) is 82.0 Å². The third kappa shape index (κ3) is 4.26. The zero-order valence-corrected chi connectivity index (χ0v) is 16.8. The summed E-state index contributed by atoms with van der Waals surface area (Å²) < 4.78 is 11.9. The normalized spacial score (nSPS) is 21.8.